The van der Waals surface area contributed by atoms with Crippen LogP contribution in [0.15, 0.2) is 12.4 Å². The maximum absolute atomic E-state index is 11.8. The van der Waals surface area contributed by atoms with E-state index in [1.54, 1.807) is 12.4 Å². The van der Waals surface area contributed by atoms with Crippen LogP contribution < -0.4 is 5.32 Å². The minimum atomic E-state index is -0.186. The molecule has 84 valence electrons. The van der Waals surface area contributed by atoms with E-state index < -0.39 is 0 Å². The molecule has 0 bridgehead atoms. The van der Waals surface area contributed by atoms with E-state index in [4.69, 9.17) is 0 Å². The Morgan fingerprint density at radius 1 is 1.56 bits per heavy atom. The van der Waals surface area contributed by atoms with E-state index in [0.29, 0.717) is 10.7 Å². The average Bonchev–Trinajstić information content (AvgIpc) is 2.88. The van der Waals surface area contributed by atoms with Crippen molar-refractivity contribution < 1.29 is 4.79 Å². The number of H-pyrrole nitrogens is 1. The number of nitrogens with zero attached hydrogens (tertiary/aromatic N) is 2. The smallest absolute Gasteiger partial charge is 0.284 e. The fourth-order valence-electron chi connectivity index (χ4n) is 1.23. The van der Waals surface area contributed by atoms with Crippen molar-refractivity contribution in [1.82, 2.24) is 15.2 Å². The van der Waals surface area contributed by atoms with Gasteiger partial charge in [0.05, 0.1) is 17.6 Å². The number of thiazole rings is 1. The predicted molar refractivity (Wildman–Crippen MR) is 62.8 cm³/mol. The highest BCUT2D eigenvalue weighted by atomic mass is 32.1. The number of amides is 1. The molecule has 0 unspecified atom stereocenters. The van der Waals surface area contributed by atoms with Gasteiger partial charge in [-0.25, -0.2) is 4.98 Å². The molecule has 2 aromatic rings. The second-order valence-electron chi connectivity index (χ2n) is 3.35. The Morgan fingerprint density at radius 3 is 2.94 bits per heavy atom. The number of aromatic amines is 1. The number of aromatic nitrogens is 3. The molecule has 6 heteroatoms. The molecule has 2 rings (SSSR count). The molecule has 0 radical (unpaired) electrons. The molecule has 0 spiro atoms. The number of rotatable bonds is 3. The monoisotopic (exact) mass is 236 g/mol. The Hall–Kier alpha value is -1.69. The molecule has 0 aromatic carbocycles. The van der Waals surface area contributed by atoms with Crippen LogP contribution in [0.5, 0.6) is 0 Å². The minimum Gasteiger partial charge on any atom is -0.317 e. The lowest BCUT2D eigenvalue weighted by Crippen LogP contribution is -2.11. The molecule has 0 saturated heterocycles. The van der Waals surface area contributed by atoms with Gasteiger partial charge in [0.25, 0.3) is 5.91 Å². The number of nitrogens with one attached hydrogen (secondary N) is 2. The highest BCUT2D eigenvalue weighted by molar-refractivity contribution is 7.13. The van der Waals surface area contributed by atoms with E-state index in [-0.39, 0.29) is 5.91 Å². The normalized spacial score (nSPS) is 10.4. The van der Waals surface area contributed by atoms with E-state index in [2.05, 4.69) is 20.5 Å². The van der Waals surface area contributed by atoms with Crippen molar-refractivity contribution in [2.45, 2.75) is 20.3 Å². The standard InChI is InChI=1S/C10H12N4OS/c1-3-7-4-11-10(16-7)9(15)13-8-5-12-14-6(8)2/h4-5H,3H2,1-2H3,(H,12,14)(H,13,15). The first kappa shape index (κ1) is 10.8. The molecule has 0 atom stereocenters. The van der Waals surface area contributed by atoms with Gasteiger partial charge in [-0.05, 0) is 13.3 Å². The van der Waals surface area contributed by atoms with Crippen molar-refractivity contribution in [3.63, 3.8) is 0 Å². The van der Waals surface area contributed by atoms with Crippen LogP contribution in [-0.2, 0) is 6.42 Å². The second-order valence-corrected chi connectivity index (χ2v) is 4.46. The lowest BCUT2D eigenvalue weighted by atomic mass is 10.4. The van der Waals surface area contributed by atoms with E-state index in [1.807, 2.05) is 13.8 Å². The summed E-state index contributed by atoms with van der Waals surface area (Å²) in [7, 11) is 0. The first-order valence-corrected chi connectivity index (χ1v) is 5.78. The Labute approximate surface area is 96.9 Å². The number of carbonyl (C=O) groups excluding carboxylic acids is 1. The number of hydrogen-bond acceptors (Lipinski definition) is 4. The zero-order valence-corrected chi connectivity index (χ0v) is 9.89. The Kier molecular flexibility index (Phi) is 3.00. The summed E-state index contributed by atoms with van der Waals surface area (Å²) in [5, 5.41) is 9.84. The fraction of sp³-hybridized carbons (Fsp3) is 0.300. The largest absolute Gasteiger partial charge is 0.317 e. The van der Waals surface area contributed by atoms with Gasteiger partial charge in [-0.1, -0.05) is 6.92 Å². The van der Waals surface area contributed by atoms with Crippen molar-refractivity contribution in [3.8, 4) is 0 Å². The average molecular weight is 236 g/mol. The Morgan fingerprint density at radius 2 is 2.38 bits per heavy atom. The molecular weight excluding hydrogens is 224 g/mol. The van der Waals surface area contributed by atoms with E-state index in [9.17, 15) is 4.79 Å². The molecule has 1 amide bonds. The molecule has 0 aliphatic heterocycles. The van der Waals surface area contributed by atoms with Gasteiger partial charge in [0.2, 0.25) is 0 Å². The van der Waals surface area contributed by atoms with Gasteiger partial charge in [0.15, 0.2) is 5.01 Å². The highest BCUT2D eigenvalue weighted by Gasteiger charge is 2.12. The third-order valence-corrected chi connectivity index (χ3v) is 3.31. The summed E-state index contributed by atoms with van der Waals surface area (Å²) in [6.07, 6.45) is 4.22. The summed E-state index contributed by atoms with van der Waals surface area (Å²) in [4.78, 5) is 17.0. The summed E-state index contributed by atoms with van der Waals surface area (Å²) in [5.74, 6) is -0.186. The molecule has 16 heavy (non-hydrogen) atoms. The zero-order valence-electron chi connectivity index (χ0n) is 9.07. The van der Waals surface area contributed by atoms with Crippen molar-refractivity contribution >= 4 is 22.9 Å². The van der Waals surface area contributed by atoms with Crippen LogP contribution >= 0.6 is 11.3 Å². The van der Waals surface area contributed by atoms with Gasteiger partial charge in [-0.2, -0.15) is 5.10 Å². The molecule has 2 N–H and O–H groups in total. The summed E-state index contributed by atoms with van der Waals surface area (Å²) >= 11 is 1.41. The molecule has 0 fully saturated rings. The summed E-state index contributed by atoms with van der Waals surface area (Å²) in [6.45, 7) is 3.89. The van der Waals surface area contributed by atoms with Crippen LogP contribution in [0.2, 0.25) is 0 Å². The fourth-order valence-corrected chi connectivity index (χ4v) is 1.98. The summed E-state index contributed by atoms with van der Waals surface area (Å²) < 4.78 is 0. The third kappa shape index (κ3) is 2.11. The van der Waals surface area contributed by atoms with Crippen LogP contribution in [-0.4, -0.2) is 21.1 Å². The zero-order chi connectivity index (χ0) is 11.5. The van der Waals surface area contributed by atoms with E-state index >= 15 is 0 Å². The van der Waals surface area contributed by atoms with Gasteiger partial charge in [0, 0.05) is 11.1 Å². The molecule has 0 aliphatic carbocycles. The highest BCUT2D eigenvalue weighted by Crippen LogP contribution is 2.16. The molecule has 5 nitrogen and oxygen atoms in total. The predicted octanol–water partition coefficient (Wildman–Crippen LogP) is 1.99. The first-order chi connectivity index (χ1) is 7.70. The molecular formula is C10H12N4OS. The summed E-state index contributed by atoms with van der Waals surface area (Å²) in [6, 6.07) is 0. The SMILES string of the molecule is CCc1cnc(C(=O)Nc2cn[nH]c2C)s1. The summed E-state index contributed by atoms with van der Waals surface area (Å²) in [5.41, 5.74) is 1.53. The van der Waals surface area contributed by atoms with Crippen molar-refractivity contribution in [3.05, 3.63) is 28.0 Å². The molecule has 0 saturated carbocycles. The second kappa shape index (κ2) is 4.44. The molecule has 0 aliphatic rings. The third-order valence-electron chi connectivity index (χ3n) is 2.17. The van der Waals surface area contributed by atoms with Crippen LogP contribution in [0.4, 0.5) is 5.69 Å². The number of aryl methyl sites for hydroxylation is 2. The van der Waals surface area contributed by atoms with Crippen LogP contribution in [0.3, 0.4) is 0 Å². The topological polar surface area (TPSA) is 70.7 Å². The van der Waals surface area contributed by atoms with Gasteiger partial charge in [-0.15, -0.1) is 11.3 Å². The van der Waals surface area contributed by atoms with Gasteiger partial charge in [0.1, 0.15) is 0 Å². The van der Waals surface area contributed by atoms with E-state index in [1.165, 1.54) is 11.3 Å². The Balaban J connectivity index is 2.11. The van der Waals surface area contributed by atoms with E-state index in [0.717, 1.165) is 17.0 Å². The molecule has 2 heterocycles. The van der Waals surface area contributed by atoms with Crippen molar-refractivity contribution in [1.29, 1.82) is 0 Å². The van der Waals surface area contributed by atoms with Crippen LogP contribution in [0, 0.1) is 6.92 Å². The first-order valence-electron chi connectivity index (χ1n) is 4.96. The maximum atomic E-state index is 11.8. The maximum Gasteiger partial charge on any atom is 0.284 e. The van der Waals surface area contributed by atoms with Crippen molar-refractivity contribution in [2.75, 3.05) is 5.32 Å². The lowest BCUT2D eigenvalue weighted by molar-refractivity contribution is 0.102. The van der Waals surface area contributed by atoms with Gasteiger partial charge >= 0.3 is 0 Å². The lowest BCUT2D eigenvalue weighted by Gasteiger charge is -1.99. The number of hydrogen-bond donors (Lipinski definition) is 2. The Bertz CT molecular complexity index is 502. The van der Waals surface area contributed by atoms with Crippen LogP contribution in [0.1, 0.15) is 27.3 Å². The number of carbonyl (C=O) groups is 1. The quantitative estimate of drug-likeness (QED) is 0.856. The van der Waals surface area contributed by atoms with Crippen molar-refractivity contribution in [2.24, 2.45) is 0 Å². The van der Waals surface area contributed by atoms with Gasteiger partial charge < -0.3 is 5.32 Å². The number of anilines is 1. The van der Waals surface area contributed by atoms with Crippen LogP contribution in [0.25, 0.3) is 0 Å². The minimum absolute atomic E-state index is 0.186. The van der Waals surface area contributed by atoms with Gasteiger partial charge in [-0.3, -0.25) is 9.89 Å². The molecule has 2 aromatic heterocycles.